The fourth-order valence-corrected chi connectivity index (χ4v) is 1.82. The zero-order chi connectivity index (χ0) is 10.4. The number of ether oxygens (including phenoxy) is 1. The molecule has 0 amide bonds. The van der Waals surface area contributed by atoms with Crippen molar-refractivity contribution in [3.8, 4) is 0 Å². The minimum absolute atomic E-state index is 0.375. The van der Waals surface area contributed by atoms with E-state index in [1.807, 2.05) is 0 Å². The summed E-state index contributed by atoms with van der Waals surface area (Å²) in [4.78, 5) is 0. The van der Waals surface area contributed by atoms with Crippen LogP contribution in [0.2, 0.25) is 0 Å². The first-order valence-electron chi connectivity index (χ1n) is 6.09. The Kier molecular flexibility index (Phi) is 5.49. The molecule has 2 heteroatoms. The predicted octanol–water partition coefficient (Wildman–Crippen LogP) is 2.58. The van der Waals surface area contributed by atoms with Crippen molar-refractivity contribution in [1.82, 2.24) is 5.32 Å². The lowest BCUT2D eigenvalue weighted by molar-refractivity contribution is 0.0765. The average molecular weight is 199 g/mol. The Morgan fingerprint density at radius 2 is 2.07 bits per heavy atom. The molecule has 1 fully saturated rings. The third-order valence-electron chi connectivity index (χ3n) is 2.81. The van der Waals surface area contributed by atoms with Crippen LogP contribution in [0.25, 0.3) is 0 Å². The van der Waals surface area contributed by atoms with Gasteiger partial charge in [0.25, 0.3) is 0 Å². The van der Waals surface area contributed by atoms with Gasteiger partial charge >= 0.3 is 0 Å². The zero-order valence-corrected chi connectivity index (χ0v) is 9.88. The Balaban J connectivity index is 1.91. The quantitative estimate of drug-likeness (QED) is 0.607. The summed E-state index contributed by atoms with van der Waals surface area (Å²) in [6.07, 6.45) is 5.67. The second kappa shape index (κ2) is 6.41. The first kappa shape index (κ1) is 12.0. The number of rotatable bonds is 8. The minimum atomic E-state index is 0.375. The van der Waals surface area contributed by atoms with E-state index in [-0.39, 0.29) is 0 Å². The molecule has 1 N–H and O–H groups in total. The molecule has 1 unspecified atom stereocenters. The van der Waals surface area contributed by atoms with Crippen molar-refractivity contribution >= 4 is 0 Å². The van der Waals surface area contributed by atoms with Crippen LogP contribution in [0.5, 0.6) is 0 Å². The summed E-state index contributed by atoms with van der Waals surface area (Å²) in [5.41, 5.74) is 0. The zero-order valence-electron chi connectivity index (χ0n) is 9.88. The monoisotopic (exact) mass is 199 g/mol. The van der Waals surface area contributed by atoms with Crippen LogP contribution < -0.4 is 5.32 Å². The molecule has 0 spiro atoms. The summed E-state index contributed by atoms with van der Waals surface area (Å²) in [7, 11) is 0. The maximum absolute atomic E-state index is 5.49. The van der Waals surface area contributed by atoms with Crippen LogP contribution in [0, 0.1) is 5.92 Å². The molecule has 1 atom stereocenters. The van der Waals surface area contributed by atoms with Gasteiger partial charge in [0, 0.05) is 12.6 Å². The van der Waals surface area contributed by atoms with Crippen molar-refractivity contribution in [2.75, 3.05) is 13.2 Å². The van der Waals surface area contributed by atoms with Gasteiger partial charge in [-0.25, -0.2) is 0 Å². The van der Waals surface area contributed by atoms with Gasteiger partial charge in [0.1, 0.15) is 0 Å². The van der Waals surface area contributed by atoms with Crippen LogP contribution >= 0.6 is 0 Å². The maximum atomic E-state index is 5.49. The highest BCUT2D eigenvalue weighted by Gasteiger charge is 2.29. The standard InChI is InChI=1S/C12H25NO/c1-4-12(11-6-7-11)13-8-5-9-14-10(2)3/h10-13H,4-9H2,1-3H3. The van der Waals surface area contributed by atoms with Crippen molar-refractivity contribution in [2.24, 2.45) is 5.92 Å². The van der Waals surface area contributed by atoms with E-state index >= 15 is 0 Å². The number of hydrogen-bond acceptors (Lipinski definition) is 2. The molecule has 0 aromatic carbocycles. The van der Waals surface area contributed by atoms with Gasteiger partial charge in [-0.15, -0.1) is 0 Å². The summed E-state index contributed by atoms with van der Waals surface area (Å²) in [6, 6.07) is 0.772. The second-order valence-electron chi connectivity index (χ2n) is 4.58. The molecular weight excluding hydrogens is 174 g/mol. The Bertz CT molecular complexity index is 143. The van der Waals surface area contributed by atoms with Gasteiger partial charge in [-0.05, 0) is 52.0 Å². The molecule has 0 aromatic heterocycles. The molecular formula is C12H25NO. The van der Waals surface area contributed by atoms with Crippen molar-refractivity contribution in [3.63, 3.8) is 0 Å². The van der Waals surface area contributed by atoms with Gasteiger partial charge in [0.05, 0.1) is 6.10 Å². The van der Waals surface area contributed by atoms with E-state index in [9.17, 15) is 0 Å². The predicted molar refractivity (Wildman–Crippen MR) is 60.5 cm³/mol. The van der Waals surface area contributed by atoms with Gasteiger partial charge in [-0.3, -0.25) is 0 Å². The topological polar surface area (TPSA) is 21.3 Å². The molecule has 14 heavy (non-hydrogen) atoms. The van der Waals surface area contributed by atoms with Crippen LogP contribution in [0.4, 0.5) is 0 Å². The van der Waals surface area contributed by atoms with Crippen LogP contribution in [-0.4, -0.2) is 25.3 Å². The highest BCUT2D eigenvalue weighted by atomic mass is 16.5. The molecule has 0 aliphatic heterocycles. The number of nitrogens with one attached hydrogen (secondary N) is 1. The highest BCUT2D eigenvalue weighted by Crippen LogP contribution is 2.33. The van der Waals surface area contributed by atoms with Gasteiger partial charge in [-0.1, -0.05) is 6.92 Å². The summed E-state index contributed by atoms with van der Waals surface area (Å²) in [5.74, 6) is 0.978. The van der Waals surface area contributed by atoms with E-state index in [1.165, 1.54) is 19.3 Å². The van der Waals surface area contributed by atoms with E-state index in [2.05, 4.69) is 26.1 Å². The minimum Gasteiger partial charge on any atom is -0.379 e. The highest BCUT2D eigenvalue weighted by molar-refractivity contribution is 4.85. The molecule has 1 saturated carbocycles. The van der Waals surface area contributed by atoms with E-state index in [0.717, 1.165) is 31.5 Å². The van der Waals surface area contributed by atoms with E-state index in [1.54, 1.807) is 0 Å². The van der Waals surface area contributed by atoms with Crippen molar-refractivity contribution < 1.29 is 4.74 Å². The third kappa shape index (κ3) is 4.97. The second-order valence-corrected chi connectivity index (χ2v) is 4.58. The summed E-state index contributed by atoms with van der Waals surface area (Å²) in [5, 5.41) is 3.63. The Morgan fingerprint density at radius 3 is 2.57 bits per heavy atom. The van der Waals surface area contributed by atoms with Gasteiger partial charge < -0.3 is 10.1 Å². The van der Waals surface area contributed by atoms with Gasteiger partial charge in [0.2, 0.25) is 0 Å². The fraction of sp³-hybridized carbons (Fsp3) is 1.00. The van der Waals surface area contributed by atoms with Crippen molar-refractivity contribution in [1.29, 1.82) is 0 Å². The summed E-state index contributed by atoms with van der Waals surface area (Å²) < 4.78 is 5.49. The van der Waals surface area contributed by atoms with Crippen LogP contribution in [-0.2, 0) is 4.74 Å². The molecule has 1 aliphatic rings. The SMILES string of the molecule is CCC(NCCCOC(C)C)C1CC1. The van der Waals surface area contributed by atoms with E-state index in [0.29, 0.717) is 6.10 Å². The molecule has 2 nitrogen and oxygen atoms in total. The first-order valence-corrected chi connectivity index (χ1v) is 6.09. The van der Waals surface area contributed by atoms with Crippen molar-refractivity contribution in [2.45, 2.75) is 58.6 Å². The summed E-state index contributed by atoms with van der Waals surface area (Å²) >= 11 is 0. The number of hydrogen-bond donors (Lipinski definition) is 1. The lowest BCUT2D eigenvalue weighted by Gasteiger charge is -2.16. The first-order chi connectivity index (χ1) is 6.74. The van der Waals surface area contributed by atoms with Crippen LogP contribution in [0.15, 0.2) is 0 Å². The van der Waals surface area contributed by atoms with Gasteiger partial charge in [0.15, 0.2) is 0 Å². The Hall–Kier alpha value is -0.0800. The Morgan fingerprint density at radius 1 is 1.36 bits per heavy atom. The summed E-state index contributed by atoms with van der Waals surface area (Å²) in [6.45, 7) is 8.47. The molecule has 0 radical (unpaired) electrons. The fourth-order valence-electron chi connectivity index (χ4n) is 1.82. The van der Waals surface area contributed by atoms with E-state index < -0.39 is 0 Å². The van der Waals surface area contributed by atoms with Crippen LogP contribution in [0.3, 0.4) is 0 Å². The molecule has 0 bridgehead atoms. The maximum Gasteiger partial charge on any atom is 0.0518 e. The molecule has 1 rings (SSSR count). The molecule has 0 heterocycles. The largest absolute Gasteiger partial charge is 0.379 e. The molecule has 1 aliphatic carbocycles. The van der Waals surface area contributed by atoms with Crippen molar-refractivity contribution in [3.05, 3.63) is 0 Å². The van der Waals surface area contributed by atoms with Crippen LogP contribution in [0.1, 0.15) is 46.5 Å². The molecule has 0 saturated heterocycles. The third-order valence-corrected chi connectivity index (χ3v) is 2.81. The lowest BCUT2D eigenvalue weighted by Crippen LogP contribution is -2.31. The normalized spacial score (nSPS) is 18.9. The van der Waals surface area contributed by atoms with Gasteiger partial charge in [-0.2, -0.15) is 0 Å². The average Bonchev–Trinajstić information content (AvgIpc) is 2.94. The molecule has 0 aromatic rings. The smallest absolute Gasteiger partial charge is 0.0518 e. The lowest BCUT2D eigenvalue weighted by atomic mass is 10.1. The van der Waals surface area contributed by atoms with E-state index in [4.69, 9.17) is 4.74 Å². The Labute approximate surface area is 88.4 Å². The molecule has 84 valence electrons.